The van der Waals surface area contributed by atoms with Crippen LogP contribution in [0.3, 0.4) is 0 Å². The number of anilines is 1. The van der Waals surface area contributed by atoms with Crippen molar-refractivity contribution in [2.24, 2.45) is 0 Å². The third kappa shape index (κ3) is 2.06. The van der Waals surface area contributed by atoms with Gasteiger partial charge in [0.15, 0.2) is 0 Å². The number of carbonyl (C=O) groups is 1. The molecule has 1 aromatic rings. The fourth-order valence-electron chi connectivity index (χ4n) is 2.76. The lowest BCUT2D eigenvalue weighted by Gasteiger charge is -2.34. The molecule has 2 atom stereocenters. The van der Waals surface area contributed by atoms with Crippen LogP contribution < -0.4 is 4.90 Å². The summed E-state index contributed by atoms with van der Waals surface area (Å²) in [5, 5.41) is 9.80. The number of morpholine rings is 1. The maximum atomic E-state index is 11.3. The lowest BCUT2D eigenvalue weighted by atomic mass is 10.1. The maximum Gasteiger partial charge on any atom is 0.337 e. The van der Waals surface area contributed by atoms with Gasteiger partial charge in [0.1, 0.15) is 0 Å². The molecule has 2 heterocycles. The fourth-order valence-corrected chi connectivity index (χ4v) is 2.93. The lowest BCUT2D eigenvalue weighted by Crippen LogP contribution is -2.43. The molecular weight excluding hydrogens is 254 g/mol. The van der Waals surface area contributed by atoms with Crippen LogP contribution in [0.4, 0.5) is 5.69 Å². The van der Waals surface area contributed by atoms with Crippen molar-refractivity contribution in [2.45, 2.75) is 25.0 Å². The van der Waals surface area contributed by atoms with Crippen molar-refractivity contribution in [3.05, 3.63) is 28.8 Å². The van der Waals surface area contributed by atoms with Crippen molar-refractivity contribution in [3.8, 4) is 0 Å². The van der Waals surface area contributed by atoms with Crippen LogP contribution in [0.2, 0.25) is 5.02 Å². The van der Waals surface area contributed by atoms with Gasteiger partial charge >= 0.3 is 5.97 Å². The lowest BCUT2D eigenvalue weighted by molar-refractivity contribution is 0.0303. The molecule has 2 aliphatic heterocycles. The van der Waals surface area contributed by atoms with E-state index in [-0.39, 0.29) is 12.2 Å². The first kappa shape index (κ1) is 11.8. The topological polar surface area (TPSA) is 49.8 Å². The summed E-state index contributed by atoms with van der Waals surface area (Å²) in [7, 11) is 0. The standard InChI is InChI=1S/C13H14ClNO3/c14-8-1-4-11(13(16)17)12(5-8)15-6-9-2-3-10(7-15)18-9/h1,4-5,9-10H,2-3,6-7H2,(H,16,17). The highest BCUT2D eigenvalue weighted by Crippen LogP contribution is 2.32. The Hall–Kier alpha value is -1.26. The van der Waals surface area contributed by atoms with Gasteiger partial charge in [-0.15, -0.1) is 0 Å². The van der Waals surface area contributed by atoms with Crippen LogP contribution in [0, 0.1) is 0 Å². The van der Waals surface area contributed by atoms with Crippen molar-refractivity contribution < 1.29 is 14.6 Å². The molecule has 3 rings (SSSR count). The van der Waals surface area contributed by atoms with Crippen LogP contribution in [0.25, 0.3) is 0 Å². The molecule has 18 heavy (non-hydrogen) atoms. The molecule has 0 aliphatic carbocycles. The second kappa shape index (κ2) is 4.44. The average Bonchev–Trinajstić information content (AvgIpc) is 2.67. The zero-order valence-electron chi connectivity index (χ0n) is 9.80. The van der Waals surface area contributed by atoms with E-state index < -0.39 is 5.97 Å². The van der Waals surface area contributed by atoms with Gasteiger partial charge < -0.3 is 14.7 Å². The first-order chi connectivity index (χ1) is 8.63. The Morgan fingerprint density at radius 2 is 2.00 bits per heavy atom. The van der Waals surface area contributed by atoms with E-state index in [0.717, 1.165) is 25.9 Å². The van der Waals surface area contributed by atoms with Crippen LogP contribution in [0.5, 0.6) is 0 Å². The van der Waals surface area contributed by atoms with E-state index in [1.807, 2.05) is 0 Å². The minimum absolute atomic E-state index is 0.226. The van der Waals surface area contributed by atoms with Gasteiger partial charge in [-0.2, -0.15) is 0 Å². The minimum Gasteiger partial charge on any atom is -0.478 e. The van der Waals surface area contributed by atoms with Crippen LogP contribution in [0.1, 0.15) is 23.2 Å². The highest BCUT2D eigenvalue weighted by atomic mass is 35.5. The van der Waals surface area contributed by atoms with E-state index in [4.69, 9.17) is 16.3 Å². The number of benzene rings is 1. The summed E-state index contributed by atoms with van der Waals surface area (Å²) in [4.78, 5) is 13.3. The number of carboxylic acid groups (broad SMARTS) is 1. The molecule has 1 aromatic carbocycles. The van der Waals surface area contributed by atoms with E-state index >= 15 is 0 Å². The van der Waals surface area contributed by atoms with E-state index in [0.29, 0.717) is 16.3 Å². The molecule has 0 aromatic heterocycles. The number of hydrogen-bond acceptors (Lipinski definition) is 3. The Balaban J connectivity index is 1.95. The highest BCUT2D eigenvalue weighted by Gasteiger charge is 2.34. The fraction of sp³-hybridized carbons (Fsp3) is 0.462. The van der Waals surface area contributed by atoms with E-state index in [9.17, 15) is 9.90 Å². The number of carboxylic acids is 1. The second-order valence-electron chi connectivity index (χ2n) is 4.83. The molecule has 0 amide bonds. The second-order valence-corrected chi connectivity index (χ2v) is 5.27. The predicted octanol–water partition coefficient (Wildman–Crippen LogP) is 2.41. The highest BCUT2D eigenvalue weighted by molar-refractivity contribution is 6.31. The molecular formula is C13H14ClNO3. The smallest absolute Gasteiger partial charge is 0.337 e. The Labute approximate surface area is 110 Å². The molecule has 0 spiro atoms. The quantitative estimate of drug-likeness (QED) is 0.894. The molecule has 2 aliphatic rings. The largest absolute Gasteiger partial charge is 0.478 e. The molecule has 0 radical (unpaired) electrons. The molecule has 5 heteroatoms. The molecule has 1 N–H and O–H groups in total. The van der Waals surface area contributed by atoms with Crippen LogP contribution in [0.15, 0.2) is 18.2 Å². The third-order valence-electron chi connectivity index (χ3n) is 3.57. The molecule has 96 valence electrons. The number of aromatic carboxylic acids is 1. The van der Waals surface area contributed by atoms with Gasteiger partial charge in [0.05, 0.1) is 23.5 Å². The van der Waals surface area contributed by atoms with Gasteiger partial charge in [0.2, 0.25) is 0 Å². The normalized spacial score (nSPS) is 26.4. The summed E-state index contributed by atoms with van der Waals surface area (Å²) in [6.45, 7) is 1.49. The molecule has 2 saturated heterocycles. The minimum atomic E-state index is -0.916. The van der Waals surface area contributed by atoms with Crippen LogP contribution >= 0.6 is 11.6 Å². The Kier molecular flexibility index (Phi) is 2.92. The summed E-state index contributed by atoms with van der Waals surface area (Å²) >= 11 is 5.98. The summed E-state index contributed by atoms with van der Waals surface area (Å²) < 4.78 is 5.76. The summed E-state index contributed by atoms with van der Waals surface area (Å²) in [6.07, 6.45) is 2.57. The van der Waals surface area contributed by atoms with Crippen molar-refractivity contribution >= 4 is 23.3 Å². The number of halogens is 1. The monoisotopic (exact) mass is 267 g/mol. The van der Waals surface area contributed by atoms with E-state index in [1.165, 1.54) is 0 Å². The van der Waals surface area contributed by atoms with Gasteiger partial charge in [-0.1, -0.05) is 11.6 Å². The first-order valence-corrected chi connectivity index (χ1v) is 6.44. The van der Waals surface area contributed by atoms with Gasteiger partial charge in [-0.05, 0) is 31.0 Å². The summed E-state index contributed by atoms with van der Waals surface area (Å²) in [5.41, 5.74) is 1.01. The summed E-state index contributed by atoms with van der Waals surface area (Å²) in [6, 6.07) is 4.91. The Bertz CT molecular complexity index is 479. The molecule has 2 bridgehead atoms. The molecule has 0 saturated carbocycles. The SMILES string of the molecule is O=C(O)c1ccc(Cl)cc1N1CC2CCC(C1)O2. The molecule has 4 nitrogen and oxygen atoms in total. The number of fused-ring (bicyclic) bond motifs is 2. The van der Waals surface area contributed by atoms with E-state index in [1.54, 1.807) is 18.2 Å². The average molecular weight is 268 g/mol. The first-order valence-electron chi connectivity index (χ1n) is 6.07. The van der Waals surface area contributed by atoms with Gasteiger partial charge in [-0.3, -0.25) is 0 Å². The maximum absolute atomic E-state index is 11.3. The zero-order valence-corrected chi connectivity index (χ0v) is 10.6. The summed E-state index contributed by atoms with van der Waals surface area (Å²) in [5.74, 6) is -0.916. The van der Waals surface area contributed by atoms with Crippen molar-refractivity contribution in [3.63, 3.8) is 0 Å². The van der Waals surface area contributed by atoms with Crippen molar-refractivity contribution in [2.75, 3.05) is 18.0 Å². The third-order valence-corrected chi connectivity index (χ3v) is 3.81. The van der Waals surface area contributed by atoms with E-state index in [2.05, 4.69) is 4.90 Å². The van der Waals surface area contributed by atoms with Crippen LogP contribution in [-0.4, -0.2) is 36.4 Å². The van der Waals surface area contributed by atoms with Crippen LogP contribution in [-0.2, 0) is 4.74 Å². The Morgan fingerprint density at radius 1 is 1.33 bits per heavy atom. The van der Waals surface area contributed by atoms with Crippen molar-refractivity contribution in [1.29, 1.82) is 0 Å². The zero-order chi connectivity index (χ0) is 12.7. The number of ether oxygens (including phenoxy) is 1. The number of hydrogen-bond donors (Lipinski definition) is 1. The molecule has 2 unspecified atom stereocenters. The van der Waals surface area contributed by atoms with Gasteiger partial charge in [0.25, 0.3) is 0 Å². The van der Waals surface area contributed by atoms with Crippen molar-refractivity contribution in [1.82, 2.24) is 0 Å². The molecule has 2 fully saturated rings. The van der Waals surface area contributed by atoms with Gasteiger partial charge in [0, 0.05) is 18.1 Å². The predicted molar refractivity (Wildman–Crippen MR) is 68.5 cm³/mol. The number of nitrogens with zero attached hydrogens (tertiary/aromatic N) is 1. The Morgan fingerprint density at radius 3 is 2.61 bits per heavy atom. The van der Waals surface area contributed by atoms with Gasteiger partial charge in [-0.25, -0.2) is 4.79 Å². The number of rotatable bonds is 2.